The van der Waals surface area contributed by atoms with Crippen molar-refractivity contribution in [3.63, 3.8) is 0 Å². The first-order valence-corrected chi connectivity index (χ1v) is 5.99. The molecule has 1 atom stereocenters. The Balaban J connectivity index is 2.69. The van der Waals surface area contributed by atoms with Crippen molar-refractivity contribution in [1.82, 2.24) is 10.2 Å². The maximum Gasteiger partial charge on any atom is 0.194 e. The summed E-state index contributed by atoms with van der Waals surface area (Å²) in [5.74, 6) is 1.46. The van der Waals surface area contributed by atoms with Crippen LogP contribution in [0.2, 0.25) is 0 Å². The number of carbonyl (C=O) groups excluding carboxylic acids is 1. The van der Waals surface area contributed by atoms with Gasteiger partial charge in [0.1, 0.15) is 0 Å². The van der Waals surface area contributed by atoms with E-state index in [1.54, 1.807) is 0 Å². The van der Waals surface area contributed by atoms with E-state index in [4.69, 9.17) is 0 Å². The molecule has 0 aromatic heterocycles. The summed E-state index contributed by atoms with van der Waals surface area (Å²) in [5.41, 5.74) is 0. The normalized spacial score (nSPS) is 17.9. The number of nitrogens with one attached hydrogen (secondary N) is 1. The standard InChI is InChI=1S/C12H23N3O/c1-8(2)10(11(16)9(3)4)14-12-13-6-7-15(12)5/h8-10H,6-7H2,1-5H3,(H,13,14)/t10-/m0/s1. The SMILES string of the molecule is CC(C)C(=O)[C@@H](NC1=NCCN1C)C(C)C. The summed E-state index contributed by atoms with van der Waals surface area (Å²) in [6, 6.07) is -0.126. The lowest BCUT2D eigenvalue weighted by Gasteiger charge is -2.26. The summed E-state index contributed by atoms with van der Waals surface area (Å²) >= 11 is 0. The maximum absolute atomic E-state index is 12.0. The lowest BCUT2D eigenvalue weighted by molar-refractivity contribution is -0.124. The van der Waals surface area contributed by atoms with Crippen LogP contribution in [-0.4, -0.2) is 42.8 Å². The second-order valence-electron chi connectivity index (χ2n) is 5.05. The molecule has 0 aromatic rings. The second-order valence-corrected chi connectivity index (χ2v) is 5.05. The van der Waals surface area contributed by atoms with E-state index in [0.717, 1.165) is 19.0 Å². The van der Waals surface area contributed by atoms with Crippen LogP contribution in [0.4, 0.5) is 0 Å². The molecule has 0 bridgehead atoms. The van der Waals surface area contributed by atoms with E-state index in [9.17, 15) is 4.79 Å². The van der Waals surface area contributed by atoms with Gasteiger partial charge in [0.25, 0.3) is 0 Å². The largest absolute Gasteiger partial charge is 0.346 e. The second kappa shape index (κ2) is 5.32. The fourth-order valence-corrected chi connectivity index (χ4v) is 1.75. The Hall–Kier alpha value is -1.06. The summed E-state index contributed by atoms with van der Waals surface area (Å²) < 4.78 is 0. The summed E-state index contributed by atoms with van der Waals surface area (Å²) in [7, 11) is 2.00. The van der Waals surface area contributed by atoms with Crippen molar-refractivity contribution in [2.24, 2.45) is 16.8 Å². The van der Waals surface area contributed by atoms with Crippen molar-refractivity contribution >= 4 is 11.7 Å². The molecule has 0 aliphatic carbocycles. The summed E-state index contributed by atoms with van der Waals surface area (Å²) in [5, 5.41) is 3.27. The highest BCUT2D eigenvalue weighted by molar-refractivity contribution is 5.91. The van der Waals surface area contributed by atoms with Gasteiger partial charge >= 0.3 is 0 Å². The number of likely N-dealkylation sites (N-methyl/N-ethyl adjacent to an activating group) is 1. The fourth-order valence-electron chi connectivity index (χ4n) is 1.75. The van der Waals surface area contributed by atoms with Crippen LogP contribution in [0.5, 0.6) is 0 Å². The molecule has 0 saturated heterocycles. The van der Waals surface area contributed by atoms with E-state index in [2.05, 4.69) is 29.1 Å². The summed E-state index contributed by atoms with van der Waals surface area (Å²) in [6.45, 7) is 9.77. The van der Waals surface area contributed by atoms with Crippen LogP contribution in [0, 0.1) is 11.8 Å². The predicted octanol–water partition coefficient (Wildman–Crippen LogP) is 1.13. The zero-order valence-electron chi connectivity index (χ0n) is 10.9. The quantitative estimate of drug-likeness (QED) is 0.780. The van der Waals surface area contributed by atoms with E-state index in [-0.39, 0.29) is 23.7 Å². The van der Waals surface area contributed by atoms with Gasteiger partial charge in [0.05, 0.1) is 12.6 Å². The van der Waals surface area contributed by atoms with E-state index in [0.29, 0.717) is 0 Å². The van der Waals surface area contributed by atoms with Gasteiger partial charge < -0.3 is 10.2 Å². The van der Waals surface area contributed by atoms with E-state index in [1.165, 1.54) is 0 Å². The van der Waals surface area contributed by atoms with Crippen molar-refractivity contribution < 1.29 is 4.79 Å². The molecule has 0 aromatic carbocycles. The Morgan fingerprint density at radius 1 is 1.38 bits per heavy atom. The van der Waals surface area contributed by atoms with Crippen LogP contribution in [0.1, 0.15) is 27.7 Å². The molecular weight excluding hydrogens is 202 g/mol. The lowest BCUT2D eigenvalue weighted by Crippen LogP contribution is -2.49. The minimum absolute atomic E-state index is 0.0622. The number of ketones is 1. The number of Topliss-reactive ketones (excluding diaryl/α,β-unsaturated/α-hetero) is 1. The Bertz CT molecular complexity index is 284. The van der Waals surface area contributed by atoms with Crippen LogP contribution in [-0.2, 0) is 4.79 Å². The average molecular weight is 225 g/mol. The van der Waals surface area contributed by atoms with E-state index >= 15 is 0 Å². The topological polar surface area (TPSA) is 44.7 Å². The molecule has 0 spiro atoms. The van der Waals surface area contributed by atoms with Gasteiger partial charge in [0.2, 0.25) is 0 Å². The molecule has 0 saturated carbocycles. The zero-order valence-corrected chi connectivity index (χ0v) is 10.9. The molecule has 1 N–H and O–H groups in total. The number of aliphatic imine (C=N–C) groups is 1. The first-order chi connectivity index (χ1) is 7.43. The van der Waals surface area contributed by atoms with Gasteiger partial charge in [-0.15, -0.1) is 0 Å². The third-order valence-electron chi connectivity index (χ3n) is 2.89. The molecule has 92 valence electrons. The van der Waals surface area contributed by atoms with Crippen molar-refractivity contribution in [3.8, 4) is 0 Å². The summed E-state index contributed by atoms with van der Waals surface area (Å²) in [4.78, 5) is 18.5. The van der Waals surface area contributed by atoms with Crippen LogP contribution in [0.25, 0.3) is 0 Å². The van der Waals surface area contributed by atoms with E-state index in [1.807, 2.05) is 20.9 Å². The summed E-state index contributed by atoms with van der Waals surface area (Å²) in [6.07, 6.45) is 0. The fraction of sp³-hybridized carbons (Fsp3) is 0.833. The van der Waals surface area contributed by atoms with Crippen molar-refractivity contribution in [2.45, 2.75) is 33.7 Å². The van der Waals surface area contributed by atoms with Gasteiger partial charge in [-0.2, -0.15) is 0 Å². The number of hydrogen-bond donors (Lipinski definition) is 1. The highest BCUT2D eigenvalue weighted by Crippen LogP contribution is 2.10. The predicted molar refractivity (Wildman–Crippen MR) is 66.5 cm³/mol. The van der Waals surface area contributed by atoms with Gasteiger partial charge in [0, 0.05) is 19.5 Å². The Kier molecular flexibility index (Phi) is 4.33. The maximum atomic E-state index is 12.0. The van der Waals surface area contributed by atoms with Gasteiger partial charge in [-0.3, -0.25) is 9.79 Å². The minimum atomic E-state index is -0.126. The van der Waals surface area contributed by atoms with Gasteiger partial charge in [-0.05, 0) is 5.92 Å². The molecule has 0 unspecified atom stereocenters. The number of carbonyl (C=O) groups is 1. The first-order valence-electron chi connectivity index (χ1n) is 5.99. The average Bonchev–Trinajstić information content (AvgIpc) is 2.59. The smallest absolute Gasteiger partial charge is 0.194 e. The molecule has 0 amide bonds. The Labute approximate surface area is 98.1 Å². The van der Waals surface area contributed by atoms with Gasteiger partial charge in [-0.25, -0.2) is 0 Å². The molecule has 1 aliphatic heterocycles. The van der Waals surface area contributed by atoms with Crippen molar-refractivity contribution in [1.29, 1.82) is 0 Å². The molecule has 16 heavy (non-hydrogen) atoms. The van der Waals surface area contributed by atoms with Crippen LogP contribution in [0.15, 0.2) is 4.99 Å². The lowest BCUT2D eigenvalue weighted by atomic mass is 9.93. The van der Waals surface area contributed by atoms with Crippen LogP contribution >= 0.6 is 0 Å². The molecule has 1 aliphatic rings. The van der Waals surface area contributed by atoms with Gasteiger partial charge in [-0.1, -0.05) is 27.7 Å². The number of nitrogens with zero attached hydrogens (tertiary/aromatic N) is 2. The van der Waals surface area contributed by atoms with E-state index < -0.39 is 0 Å². The Morgan fingerprint density at radius 2 is 2.00 bits per heavy atom. The third kappa shape index (κ3) is 2.97. The molecule has 4 nitrogen and oxygen atoms in total. The zero-order chi connectivity index (χ0) is 12.3. The molecule has 1 heterocycles. The number of rotatable bonds is 4. The van der Waals surface area contributed by atoms with Crippen LogP contribution < -0.4 is 5.32 Å². The monoisotopic (exact) mass is 225 g/mol. The number of guanidine groups is 1. The molecule has 0 radical (unpaired) electrons. The Morgan fingerprint density at radius 3 is 2.38 bits per heavy atom. The highest BCUT2D eigenvalue weighted by Gasteiger charge is 2.27. The van der Waals surface area contributed by atoms with Crippen molar-refractivity contribution in [2.75, 3.05) is 20.1 Å². The first kappa shape index (κ1) is 13.0. The van der Waals surface area contributed by atoms with Crippen molar-refractivity contribution in [3.05, 3.63) is 0 Å². The molecular formula is C12H23N3O. The van der Waals surface area contributed by atoms with Crippen LogP contribution in [0.3, 0.4) is 0 Å². The molecule has 0 fully saturated rings. The van der Waals surface area contributed by atoms with Gasteiger partial charge in [0.15, 0.2) is 11.7 Å². The minimum Gasteiger partial charge on any atom is -0.346 e. The number of hydrogen-bond acceptors (Lipinski definition) is 4. The third-order valence-corrected chi connectivity index (χ3v) is 2.89. The highest BCUT2D eigenvalue weighted by atomic mass is 16.1. The molecule has 1 rings (SSSR count). The molecule has 4 heteroatoms.